The Hall–Kier alpha value is -1.43. The van der Waals surface area contributed by atoms with Gasteiger partial charge in [0.2, 0.25) is 0 Å². The second-order valence-corrected chi connectivity index (χ2v) is 5.43. The highest BCUT2D eigenvalue weighted by Gasteiger charge is 2.24. The molecule has 1 aliphatic heterocycles. The molecule has 116 valence electrons. The highest BCUT2D eigenvalue weighted by atomic mass is 16.5. The lowest BCUT2D eigenvalue weighted by Gasteiger charge is -2.22. The molecule has 0 amide bonds. The molecule has 1 fully saturated rings. The summed E-state index contributed by atoms with van der Waals surface area (Å²) in [5.74, 6) is 0.751. The van der Waals surface area contributed by atoms with Gasteiger partial charge in [0, 0.05) is 6.04 Å². The molecule has 1 aliphatic rings. The number of hydrogen-bond donors (Lipinski definition) is 2. The maximum Gasteiger partial charge on any atom is 0.133 e. The molecule has 0 spiro atoms. The van der Waals surface area contributed by atoms with E-state index in [1.807, 2.05) is 24.3 Å². The van der Waals surface area contributed by atoms with Gasteiger partial charge >= 0.3 is 0 Å². The summed E-state index contributed by atoms with van der Waals surface area (Å²) >= 11 is 0. The number of hydrogen-bond acceptors (Lipinski definition) is 5. The van der Waals surface area contributed by atoms with Crippen molar-refractivity contribution in [2.75, 3.05) is 26.2 Å². The zero-order chi connectivity index (χ0) is 15.1. The zero-order valence-corrected chi connectivity index (χ0v) is 12.3. The third-order valence-electron chi connectivity index (χ3n) is 3.93. The van der Waals surface area contributed by atoms with Gasteiger partial charge in [-0.3, -0.25) is 4.90 Å². The van der Waals surface area contributed by atoms with Gasteiger partial charge in [-0.15, -0.1) is 0 Å². The molecule has 5 nitrogen and oxygen atoms in total. The third kappa shape index (κ3) is 4.52. The van der Waals surface area contributed by atoms with Gasteiger partial charge < -0.3 is 20.4 Å². The van der Waals surface area contributed by atoms with Gasteiger partial charge in [-0.2, -0.15) is 0 Å². The molecule has 3 N–H and O–H groups in total. The second kappa shape index (κ2) is 8.12. The SMILES string of the molecule is NCC[C@@H](O)c1cccc(OC[C@@H]2CCCN2CC=O)c1. The Morgan fingerprint density at radius 2 is 2.38 bits per heavy atom. The van der Waals surface area contributed by atoms with Gasteiger partial charge in [-0.05, 0) is 50.0 Å². The van der Waals surface area contributed by atoms with Gasteiger partial charge in [-0.1, -0.05) is 12.1 Å². The average Bonchev–Trinajstić information content (AvgIpc) is 2.93. The molecule has 1 aromatic rings. The fraction of sp³-hybridized carbons (Fsp3) is 0.562. The molecule has 0 radical (unpaired) electrons. The standard InChI is InChI=1S/C16H24N2O3/c17-7-6-16(20)13-3-1-5-15(11-13)21-12-14-4-2-8-18(14)9-10-19/h1,3,5,10-11,14,16,20H,2,4,6-9,12,17H2/t14-,16+/m0/s1. The summed E-state index contributed by atoms with van der Waals surface area (Å²) in [7, 11) is 0. The van der Waals surface area contributed by atoms with Gasteiger partial charge in [0.15, 0.2) is 0 Å². The number of benzene rings is 1. The normalized spacial score (nSPS) is 20.4. The van der Waals surface area contributed by atoms with Crippen molar-refractivity contribution in [3.05, 3.63) is 29.8 Å². The van der Waals surface area contributed by atoms with Crippen molar-refractivity contribution < 1.29 is 14.6 Å². The maximum atomic E-state index is 10.6. The first-order valence-corrected chi connectivity index (χ1v) is 7.53. The molecule has 0 unspecified atom stereocenters. The van der Waals surface area contributed by atoms with Crippen LogP contribution in [0.1, 0.15) is 30.9 Å². The monoisotopic (exact) mass is 292 g/mol. The molecular weight excluding hydrogens is 268 g/mol. The average molecular weight is 292 g/mol. The molecule has 5 heteroatoms. The van der Waals surface area contributed by atoms with Gasteiger partial charge in [-0.25, -0.2) is 0 Å². The van der Waals surface area contributed by atoms with E-state index in [1.54, 1.807) is 0 Å². The molecule has 2 atom stereocenters. The van der Waals surface area contributed by atoms with Gasteiger partial charge in [0.1, 0.15) is 18.6 Å². The Bertz CT molecular complexity index is 453. The largest absolute Gasteiger partial charge is 0.492 e. The summed E-state index contributed by atoms with van der Waals surface area (Å²) in [6.45, 7) is 2.46. The number of nitrogens with two attached hydrogens (primary N) is 1. The Morgan fingerprint density at radius 1 is 1.52 bits per heavy atom. The number of rotatable bonds is 8. The number of nitrogens with zero attached hydrogens (tertiary/aromatic N) is 1. The van der Waals surface area contributed by atoms with Crippen molar-refractivity contribution in [1.29, 1.82) is 0 Å². The van der Waals surface area contributed by atoms with E-state index in [9.17, 15) is 9.90 Å². The first kappa shape index (κ1) is 15.9. The van der Waals surface area contributed by atoms with Gasteiger partial charge in [0.05, 0.1) is 12.6 Å². The van der Waals surface area contributed by atoms with Gasteiger partial charge in [0.25, 0.3) is 0 Å². The molecular formula is C16H24N2O3. The molecule has 1 heterocycles. The van der Waals surface area contributed by atoms with Crippen molar-refractivity contribution in [3.8, 4) is 5.75 Å². The first-order valence-electron chi connectivity index (χ1n) is 7.53. The lowest BCUT2D eigenvalue weighted by Crippen LogP contribution is -2.35. The molecule has 21 heavy (non-hydrogen) atoms. The smallest absolute Gasteiger partial charge is 0.133 e. The second-order valence-electron chi connectivity index (χ2n) is 5.43. The summed E-state index contributed by atoms with van der Waals surface area (Å²) in [5, 5.41) is 9.95. The lowest BCUT2D eigenvalue weighted by atomic mass is 10.1. The molecule has 0 aromatic heterocycles. The summed E-state index contributed by atoms with van der Waals surface area (Å²) < 4.78 is 5.84. The van der Waals surface area contributed by atoms with E-state index in [2.05, 4.69) is 4.90 Å². The van der Waals surface area contributed by atoms with E-state index in [4.69, 9.17) is 10.5 Å². The Morgan fingerprint density at radius 3 is 3.14 bits per heavy atom. The molecule has 0 aliphatic carbocycles. The maximum absolute atomic E-state index is 10.6. The number of aldehydes is 1. The van der Waals surface area contributed by atoms with E-state index in [-0.39, 0.29) is 0 Å². The highest BCUT2D eigenvalue weighted by molar-refractivity contribution is 5.52. The molecule has 1 aromatic carbocycles. The van der Waals surface area contributed by atoms with E-state index >= 15 is 0 Å². The summed E-state index contributed by atoms with van der Waals surface area (Å²) in [6.07, 6.45) is 3.11. The van der Waals surface area contributed by atoms with Crippen LogP contribution < -0.4 is 10.5 Å². The third-order valence-corrected chi connectivity index (χ3v) is 3.93. The van der Waals surface area contributed by atoms with Crippen LogP contribution in [-0.2, 0) is 4.79 Å². The van der Waals surface area contributed by atoms with Crippen molar-refractivity contribution >= 4 is 6.29 Å². The Kier molecular flexibility index (Phi) is 6.17. The minimum atomic E-state index is -0.545. The Labute approximate surface area is 125 Å². The lowest BCUT2D eigenvalue weighted by molar-refractivity contribution is -0.109. The van der Waals surface area contributed by atoms with E-state index in [0.29, 0.717) is 32.2 Å². The Balaban J connectivity index is 1.91. The number of likely N-dealkylation sites (tertiary alicyclic amines) is 1. The van der Waals surface area contributed by atoms with E-state index in [0.717, 1.165) is 37.0 Å². The summed E-state index contributed by atoms with van der Waals surface area (Å²) in [6, 6.07) is 7.80. The van der Waals surface area contributed by atoms with Crippen LogP contribution in [0.15, 0.2) is 24.3 Å². The van der Waals surface area contributed by atoms with Crippen molar-refractivity contribution in [1.82, 2.24) is 4.90 Å². The van der Waals surface area contributed by atoms with Crippen LogP contribution in [0.3, 0.4) is 0 Å². The fourth-order valence-corrected chi connectivity index (χ4v) is 2.75. The van der Waals surface area contributed by atoms with Crippen molar-refractivity contribution in [2.45, 2.75) is 31.4 Å². The number of ether oxygens (including phenoxy) is 1. The van der Waals surface area contributed by atoms with Crippen LogP contribution in [0, 0.1) is 0 Å². The topological polar surface area (TPSA) is 75.8 Å². The number of aliphatic hydroxyl groups is 1. The first-order chi connectivity index (χ1) is 10.2. The predicted octanol–water partition coefficient (Wildman–Crippen LogP) is 1.11. The molecule has 0 saturated carbocycles. The summed E-state index contributed by atoms with van der Waals surface area (Å²) in [5.41, 5.74) is 6.29. The highest BCUT2D eigenvalue weighted by Crippen LogP contribution is 2.23. The fourth-order valence-electron chi connectivity index (χ4n) is 2.75. The number of carbonyl (C=O) groups excluding carboxylic acids is 1. The van der Waals surface area contributed by atoms with Crippen LogP contribution >= 0.6 is 0 Å². The number of carbonyl (C=O) groups is 1. The van der Waals surface area contributed by atoms with E-state index < -0.39 is 6.10 Å². The van der Waals surface area contributed by atoms with Crippen molar-refractivity contribution in [2.24, 2.45) is 5.73 Å². The molecule has 1 saturated heterocycles. The molecule has 0 bridgehead atoms. The molecule has 2 rings (SSSR count). The predicted molar refractivity (Wildman–Crippen MR) is 81.2 cm³/mol. The quantitative estimate of drug-likeness (QED) is 0.702. The summed E-state index contributed by atoms with van der Waals surface area (Å²) in [4.78, 5) is 12.8. The van der Waals surface area contributed by atoms with E-state index in [1.165, 1.54) is 0 Å². The van der Waals surface area contributed by atoms with Crippen LogP contribution in [0.4, 0.5) is 0 Å². The van der Waals surface area contributed by atoms with Crippen LogP contribution in [-0.4, -0.2) is 48.6 Å². The van der Waals surface area contributed by atoms with Crippen LogP contribution in [0.25, 0.3) is 0 Å². The minimum absolute atomic E-state index is 0.299. The number of aliphatic hydroxyl groups excluding tert-OH is 1. The minimum Gasteiger partial charge on any atom is -0.492 e. The van der Waals surface area contributed by atoms with Crippen LogP contribution in [0.2, 0.25) is 0 Å². The van der Waals surface area contributed by atoms with Crippen LogP contribution in [0.5, 0.6) is 5.75 Å². The van der Waals surface area contributed by atoms with Crippen molar-refractivity contribution in [3.63, 3.8) is 0 Å². The zero-order valence-electron chi connectivity index (χ0n) is 12.3.